The Kier molecular flexibility index (Phi) is 3.34. The van der Waals surface area contributed by atoms with E-state index in [1.165, 1.54) is 16.8 Å². The first-order valence-corrected chi connectivity index (χ1v) is 7.09. The summed E-state index contributed by atoms with van der Waals surface area (Å²) in [5, 5.41) is 0. The molecule has 0 aliphatic heterocycles. The number of nitrogens with zero attached hydrogens (tertiary/aromatic N) is 1. The van der Waals surface area contributed by atoms with Crippen LogP contribution in [0.25, 0.3) is 0 Å². The van der Waals surface area contributed by atoms with Gasteiger partial charge in [-0.3, -0.25) is 4.79 Å². The summed E-state index contributed by atoms with van der Waals surface area (Å²) in [6, 6.07) is 11.1. The van der Waals surface area contributed by atoms with E-state index in [1.54, 1.807) is 36.4 Å². The average Bonchev–Trinajstić information content (AvgIpc) is 2.32. The van der Waals surface area contributed by atoms with Gasteiger partial charge in [0.05, 0.1) is 4.90 Å². The van der Waals surface area contributed by atoms with Crippen LogP contribution >= 0.6 is 0 Å². The molecule has 0 saturated carbocycles. The van der Waals surface area contributed by atoms with Crippen LogP contribution in [0.2, 0.25) is 0 Å². The molecule has 0 radical (unpaired) electrons. The highest BCUT2D eigenvalue weighted by Gasteiger charge is 2.15. The molecule has 1 heterocycles. The van der Waals surface area contributed by atoms with Gasteiger partial charge in [0.2, 0.25) is 0 Å². The van der Waals surface area contributed by atoms with Crippen LogP contribution in [0.5, 0.6) is 0 Å². The first kappa shape index (κ1) is 12.6. The SMILES string of the molecule is Cc1ccc(S(=O)(=O)Cn2ccccc2=O)cc1. The zero-order chi connectivity index (χ0) is 13.2. The number of hydrogen-bond donors (Lipinski definition) is 0. The topological polar surface area (TPSA) is 56.1 Å². The first-order valence-electron chi connectivity index (χ1n) is 5.44. The molecule has 2 rings (SSSR count). The van der Waals surface area contributed by atoms with Crippen LogP contribution in [-0.4, -0.2) is 13.0 Å². The van der Waals surface area contributed by atoms with Gasteiger partial charge in [-0.15, -0.1) is 0 Å². The molecule has 94 valence electrons. The smallest absolute Gasteiger partial charge is 0.251 e. The van der Waals surface area contributed by atoms with Crippen LogP contribution in [-0.2, 0) is 15.7 Å². The number of aryl methyl sites for hydroxylation is 1. The normalized spacial score (nSPS) is 11.4. The Hall–Kier alpha value is -1.88. The summed E-state index contributed by atoms with van der Waals surface area (Å²) in [6.07, 6.45) is 1.47. The van der Waals surface area contributed by atoms with E-state index in [4.69, 9.17) is 0 Å². The van der Waals surface area contributed by atoms with Gasteiger partial charge in [0.15, 0.2) is 9.84 Å². The number of hydrogen-bond acceptors (Lipinski definition) is 3. The quantitative estimate of drug-likeness (QED) is 0.845. The standard InChI is InChI=1S/C13H13NO3S/c1-11-5-7-12(8-6-11)18(16,17)10-14-9-3-2-4-13(14)15/h2-9H,10H2,1H3. The molecule has 0 unspecified atom stereocenters. The minimum absolute atomic E-state index is 0.226. The molecule has 0 spiro atoms. The largest absolute Gasteiger partial charge is 0.300 e. The minimum Gasteiger partial charge on any atom is -0.300 e. The lowest BCUT2D eigenvalue weighted by molar-refractivity contribution is 0.582. The van der Waals surface area contributed by atoms with Gasteiger partial charge < -0.3 is 4.57 Å². The molecule has 5 heteroatoms. The summed E-state index contributed by atoms with van der Waals surface area (Å²) < 4.78 is 25.4. The van der Waals surface area contributed by atoms with E-state index in [-0.39, 0.29) is 16.3 Å². The van der Waals surface area contributed by atoms with E-state index >= 15 is 0 Å². The number of aromatic nitrogens is 1. The van der Waals surface area contributed by atoms with Crippen molar-refractivity contribution in [3.63, 3.8) is 0 Å². The van der Waals surface area contributed by atoms with Gasteiger partial charge in [-0.2, -0.15) is 0 Å². The molecule has 0 N–H and O–H groups in total. The fourth-order valence-electron chi connectivity index (χ4n) is 1.57. The van der Waals surface area contributed by atoms with Crippen LogP contribution in [0.1, 0.15) is 5.56 Å². The predicted molar refractivity (Wildman–Crippen MR) is 69.1 cm³/mol. The van der Waals surface area contributed by atoms with Crippen LogP contribution in [0.15, 0.2) is 58.4 Å². The number of pyridine rings is 1. The summed E-state index contributed by atoms with van der Waals surface area (Å²) in [5.74, 6) is -0.338. The van der Waals surface area contributed by atoms with Crippen LogP contribution in [0, 0.1) is 6.92 Å². The van der Waals surface area contributed by atoms with E-state index < -0.39 is 9.84 Å². The Balaban J connectivity index is 2.36. The maximum absolute atomic E-state index is 12.1. The van der Waals surface area contributed by atoms with Crippen molar-refractivity contribution in [2.75, 3.05) is 0 Å². The van der Waals surface area contributed by atoms with Gasteiger partial charge in [0, 0.05) is 12.3 Å². The third-order valence-electron chi connectivity index (χ3n) is 2.59. The van der Waals surface area contributed by atoms with Crippen molar-refractivity contribution in [1.29, 1.82) is 0 Å². The molecule has 0 fully saturated rings. The van der Waals surface area contributed by atoms with E-state index in [2.05, 4.69) is 0 Å². The molecular weight excluding hydrogens is 250 g/mol. The number of rotatable bonds is 3. The summed E-state index contributed by atoms with van der Waals surface area (Å²) in [7, 11) is -3.49. The van der Waals surface area contributed by atoms with Gasteiger partial charge in [-0.05, 0) is 25.1 Å². The first-order chi connectivity index (χ1) is 8.49. The third-order valence-corrected chi connectivity index (χ3v) is 4.20. The van der Waals surface area contributed by atoms with Crippen molar-refractivity contribution in [3.05, 3.63) is 64.6 Å². The lowest BCUT2D eigenvalue weighted by Crippen LogP contribution is -2.22. The van der Waals surface area contributed by atoms with Crippen molar-refractivity contribution in [1.82, 2.24) is 4.57 Å². The monoisotopic (exact) mass is 263 g/mol. The summed E-state index contributed by atoms with van der Waals surface area (Å²) in [6.45, 7) is 1.89. The molecule has 18 heavy (non-hydrogen) atoms. The van der Waals surface area contributed by atoms with Gasteiger partial charge >= 0.3 is 0 Å². The lowest BCUT2D eigenvalue weighted by atomic mass is 10.2. The molecule has 0 amide bonds. The zero-order valence-corrected chi connectivity index (χ0v) is 10.7. The molecule has 4 nitrogen and oxygen atoms in total. The number of benzene rings is 1. The molecule has 1 aromatic carbocycles. The molecular formula is C13H13NO3S. The highest BCUT2D eigenvalue weighted by Crippen LogP contribution is 2.13. The van der Waals surface area contributed by atoms with Crippen molar-refractivity contribution >= 4 is 9.84 Å². The maximum Gasteiger partial charge on any atom is 0.251 e. The van der Waals surface area contributed by atoms with Gasteiger partial charge in [-0.1, -0.05) is 23.8 Å². The van der Waals surface area contributed by atoms with Gasteiger partial charge in [-0.25, -0.2) is 8.42 Å². The maximum atomic E-state index is 12.1. The molecule has 0 aliphatic carbocycles. The fourth-order valence-corrected chi connectivity index (χ4v) is 2.85. The lowest BCUT2D eigenvalue weighted by Gasteiger charge is -2.07. The Bertz CT molecular complexity index is 700. The highest BCUT2D eigenvalue weighted by atomic mass is 32.2. The Morgan fingerprint density at radius 2 is 1.72 bits per heavy atom. The molecule has 1 aromatic heterocycles. The van der Waals surface area contributed by atoms with E-state index in [9.17, 15) is 13.2 Å². The van der Waals surface area contributed by atoms with E-state index in [1.807, 2.05) is 6.92 Å². The highest BCUT2D eigenvalue weighted by molar-refractivity contribution is 7.90. The second-order valence-electron chi connectivity index (χ2n) is 4.07. The Morgan fingerprint density at radius 3 is 2.33 bits per heavy atom. The number of sulfone groups is 1. The predicted octanol–water partition coefficient (Wildman–Crippen LogP) is 1.59. The van der Waals surface area contributed by atoms with E-state index in [0.717, 1.165) is 5.56 Å². The Labute approximate surface area is 105 Å². The van der Waals surface area contributed by atoms with Crippen LogP contribution in [0.4, 0.5) is 0 Å². The van der Waals surface area contributed by atoms with Gasteiger partial charge in [0.1, 0.15) is 5.88 Å². The third kappa shape index (κ3) is 2.68. The fraction of sp³-hybridized carbons (Fsp3) is 0.154. The molecule has 2 aromatic rings. The summed E-state index contributed by atoms with van der Waals surface area (Å²) >= 11 is 0. The van der Waals surface area contributed by atoms with Crippen molar-refractivity contribution in [3.8, 4) is 0 Å². The minimum atomic E-state index is -3.49. The summed E-state index contributed by atoms with van der Waals surface area (Å²) in [4.78, 5) is 11.7. The second kappa shape index (κ2) is 4.78. The molecule has 0 atom stereocenters. The van der Waals surface area contributed by atoms with Gasteiger partial charge in [0.25, 0.3) is 5.56 Å². The van der Waals surface area contributed by atoms with Crippen molar-refractivity contribution in [2.24, 2.45) is 0 Å². The molecule has 0 saturated heterocycles. The average molecular weight is 263 g/mol. The molecule has 0 aliphatic rings. The van der Waals surface area contributed by atoms with Crippen LogP contribution in [0.3, 0.4) is 0 Å². The summed E-state index contributed by atoms with van der Waals surface area (Å²) in [5.41, 5.74) is 0.666. The second-order valence-corrected chi connectivity index (χ2v) is 6.02. The molecule has 0 bridgehead atoms. The zero-order valence-electron chi connectivity index (χ0n) is 9.91. The Morgan fingerprint density at radius 1 is 1.06 bits per heavy atom. The van der Waals surface area contributed by atoms with E-state index in [0.29, 0.717) is 0 Å². The van der Waals surface area contributed by atoms with Crippen molar-refractivity contribution < 1.29 is 8.42 Å². The van der Waals surface area contributed by atoms with Crippen LogP contribution < -0.4 is 5.56 Å². The van der Waals surface area contributed by atoms with Crippen molar-refractivity contribution in [2.45, 2.75) is 17.7 Å².